The minimum atomic E-state index is -0.360. The van der Waals surface area contributed by atoms with E-state index >= 15 is 0 Å². The summed E-state index contributed by atoms with van der Waals surface area (Å²) in [4.78, 5) is 12.3. The summed E-state index contributed by atoms with van der Waals surface area (Å²) < 4.78 is 1.86. The Bertz CT molecular complexity index is 748. The Morgan fingerprint density at radius 1 is 1.35 bits per heavy atom. The Morgan fingerprint density at radius 3 is 2.57 bits per heavy atom. The average Bonchev–Trinajstić information content (AvgIpc) is 2.97. The fourth-order valence-corrected chi connectivity index (χ4v) is 2.32. The molecule has 118 valence electrons. The molecule has 0 saturated carbocycles. The second kappa shape index (κ2) is 7.46. The van der Waals surface area contributed by atoms with Gasteiger partial charge in [-0.25, -0.2) is 0 Å². The molecule has 1 N–H and O–H groups in total. The van der Waals surface area contributed by atoms with Crippen LogP contribution in [0.2, 0.25) is 0 Å². The first-order chi connectivity index (χ1) is 11.0. The van der Waals surface area contributed by atoms with Gasteiger partial charge in [0.1, 0.15) is 11.6 Å². The van der Waals surface area contributed by atoms with Crippen molar-refractivity contribution in [2.45, 2.75) is 26.3 Å². The lowest BCUT2D eigenvalue weighted by Crippen LogP contribution is -2.27. The van der Waals surface area contributed by atoms with E-state index in [0.717, 1.165) is 17.7 Å². The number of rotatable bonds is 5. The van der Waals surface area contributed by atoms with Crippen molar-refractivity contribution >= 4 is 12.0 Å². The molecule has 0 radical (unpaired) electrons. The number of aryl methyl sites for hydroxylation is 2. The van der Waals surface area contributed by atoms with E-state index in [-0.39, 0.29) is 17.5 Å². The third kappa shape index (κ3) is 4.10. The second-order valence-electron chi connectivity index (χ2n) is 5.50. The Hall–Kier alpha value is -2.80. The predicted molar refractivity (Wildman–Crippen MR) is 91.4 cm³/mol. The second-order valence-corrected chi connectivity index (χ2v) is 5.50. The molecular weight excluding hydrogens is 286 g/mol. The van der Waals surface area contributed by atoms with Crippen LogP contribution < -0.4 is 5.32 Å². The fourth-order valence-electron chi connectivity index (χ4n) is 2.32. The molecule has 4 heteroatoms. The maximum atomic E-state index is 12.3. The molecule has 4 nitrogen and oxygen atoms in total. The first kappa shape index (κ1) is 16.6. The molecule has 1 heterocycles. The van der Waals surface area contributed by atoms with E-state index in [4.69, 9.17) is 0 Å². The lowest BCUT2D eigenvalue weighted by molar-refractivity contribution is -0.117. The lowest BCUT2D eigenvalue weighted by atomic mass is 10.0. The van der Waals surface area contributed by atoms with Gasteiger partial charge in [-0.2, -0.15) is 5.26 Å². The van der Waals surface area contributed by atoms with E-state index in [0.29, 0.717) is 0 Å². The summed E-state index contributed by atoms with van der Waals surface area (Å²) in [6, 6.07) is 13.7. The highest BCUT2D eigenvalue weighted by molar-refractivity contribution is 6.01. The Labute approximate surface area is 137 Å². The molecular formula is C19H21N3O. The summed E-state index contributed by atoms with van der Waals surface area (Å²) in [5.74, 6) is -0.360. The van der Waals surface area contributed by atoms with Gasteiger partial charge in [-0.15, -0.1) is 0 Å². The van der Waals surface area contributed by atoms with Crippen LogP contribution in [0.3, 0.4) is 0 Å². The maximum absolute atomic E-state index is 12.3. The Balaban J connectivity index is 2.11. The van der Waals surface area contributed by atoms with Crippen LogP contribution in [0.4, 0.5) is 0 Å². The number of carbonyl (C=O) groups excluding carboxylic acids is 1. The molecule has 0 aliphatic carbocycles. The van der Waals surface area contributed by atoms with Crippen molar-refractivity contribution in [3.05, 3.63) is 65.0 Å². The number of aromatic nitrogens is 1. The van der Waals surface area contributed by atoms with E-state index in [9.17, 15) is 10.1 Å². The van der Waals surface area contributed by atoms with Gasteiger partial charge >= 0.3 is 0 Å². The molecule has 2 rings (SSSR count). The molecule has 0 aliphatic rings. The van der Waals surface area contributed by atoms with E-state index in [1.54, 1.807) is 6.08 Å². The van der Waals surface area contributed by atoms with Crippen LogP contribution in [0.25, 0.3) is 6.08 Å². The van der Waals surface area contributed by atoms with E-state index < -0.39 is 0 Å². The monoisotopic (exact) mass is 307 g/mol. The third-order valence-electron chi connectivity index (χ3n) is 3.88. The van der Waals surface area contributed by atoms with Crippen molar-refractivity contribution < 1.29 is 4.79 Å². The highest BCUT2D eigenvalue weighted by Gasteiger charge is 2.14. The molecule has 1 amide bonds. The molecule has 23 heavy (non-hydrogen) atoms. The first-order valence-electron chi connectivity index (χ1n) is 7.68. The highest BCUT2D eigenvalue weighted by atomic mass is 16.1. The largest absolute Gasteiger partial charge is 0.351 e. The molecule has 1 aromatic heterocycles. The van der Waals surface area contributed by atoms with Crippen molar-refractivity contribution in [1.29, 1.82) is 5.26 Å². The summed E-state index contributed by atoms with van der Waals surface area (Å²) in [6.07, 6.45) is 4.46. The summed E-state index contributed by atoms with van der Waals surface area (Å²) in [5, 5.41) is 12.1. The normalized spacial score (nSPS) is 12.5. The molecule has 0 fully saturated rings. The standard InChI is InChI=1S/C19H21N3O/c1-4-15-7-9-16(10-8-15)14(2)21-19(23)17(13-20)12-18-6-5-11-22(18)3/h5-12,14H,4H2,1-3H3,(H,21,23)/b17-12-/t14-/m1/s1. The number of nitriles is 1. The van der Waals surface area contributed by atoms with Crippen molar-refractivity contribution in [2.24, 2.45) is 7.05 Å². The van der Waals surface area contributed by atoms with Crippen LogP contribution in [0.15, 0.2) is 48.2 Å². The Kier molecular flexibility index (Phi) is 5.37. The third-order valence-corrected chi connectivity index (χ3v) is 3.88. The number of carbonyl (C=O) groups is 1. The van der Waals surface area contributed by atoms with Gasteiger partial charge in [0.25, 0.3) is 5.91 Å². The average molecular weight is 307 g/mol. The minimum Gasteiger partial charge on any atom is -0.351 e. The van der Waals surface area contributed by atoms with Crippen molar-refractivity contribution in [1.82, 2.24) is 9.88 Å². The van der Waals surface area contributed by atoms with Crippen LogP contribution in [-0.4, -0.2) is 10.5 Å². The zero-order valence-electron chi connectivity index (χ0n) is 13.7. The first-order valence-corrected chi connectivity index (χ1v) is 7.68. The van der Waals surface area contributed by atoms with Crippen LogP contribution in [0.1, 0.15) is 36.7 Å². The van der Waals surface area contributed by atoms with Crippen molar-refractivity contribution in [3.63, 3.8) is 0 Å². The van der Waals surface area contributed by atoms with Gasteiger partial charge in [0.2, 0.25) is 0 Å². The number of hydrogen-bond acceptors (Lipinski definition) is 2. The fraction of sp³-hybridized carbons (Fsp3) is 0.263. The molecule has 1 aromatic carbocycles. The SMILES string of the molecule is CCc1ccc([C@@H](C)NC(=O)/C(C#N)=C\c2cccn2C)cc1. The van der Waals surface area contributed by atoms with Gasteiger partial charge in [0.15, 0.2) is 0 Å². The van der Waals surface area contributed by atoms with Crippen molar-refractivity contribution in [3.8, 4) is 6.07 Å². The molecule has 0 bridgehead atoms. The van der Waals surface area contributed by atoms with Gasteiger partial charge in [0, 0.05) is 18.9 Å². The highest BCUT2D eigenvalue weighted by Crippen LogP contribution is 2.15. The van der Waals surface area contributed by atoms with Gasteiger partial charge in [-0.1, -0.05) is 31.2 Å². The molecule has 1 atom stereocenters. The van der Waals surface area contributed by atoms with Gasteiger partial charge in [0.05, 0.1) is 6.04 Å². The molecule has 0 saturated heterocycles. The van der Waals surface area contributed by atoms with Crippen molar-refractivity contribution in [2.75, 3.05) is 0 Å². The summed E-state index contributed by atoms with van der Waals surface area (Å²) >= 11 is 0. The maximum Gasteiger partial charge on any atom is 0.262 e. The van der Waals surface area contributed by atoms with Gasteiger partial charge in [-0.3, -0.25) is 4.79 Å². The molecule has 0 spiro atoms. The number of nitrogens with one attached hydrogen (secondary N) is 1. The number of hydrogen-bond donors (Lipinski definition) is 1. The van der Waals surface area contributed by atoms with Gasteiger partial charge in [-0.05, 0) is 42.7 Å². The van der Waals surface area contributed by atoms with E-state index in [1.807, 2.05) is 55.1 Å². The quantitative estimate of drug-likeness (QED) is 0.680. The zero-order valence-corrected chi connectivity index (χ0v) is 13.7. The lowest BCUT2D eigenvalue weighted by Gasteiger charge is -2.14. The number of nitrogens with zero attached hydrogens (tertiary/aromatic N) is 2. The van der Waals surface area contributed by atoms with E-state index in [1.165, 1.54) is 5.56 Å². The number of benzene rings is 1. The molecule has 0 unspecified atom stereocenters. The van der Waals surface area contributed by atoms with Crippen LogP contribution in [0, 0.1) is 11.3 Å². The molecule has 2 aromatic rings. The summed E-state index contributed by atoms with van der Waals surface area (Å²) in [5.41, 5.74) is 3.20. The Morgan fingerprint density at radius 2 is 2.04 bits per heavy atom. The minimum absolute atomic E-state index is 0.101. The van der Waals surface area contributed by atoms with Crippen LogP contribution in [-0.2, 0) is 18.3 Å². The summed E-state index contributed by atoms with van der Waals surface area (Å²) in [7, 11) is 1.87. The van der Waals surface area contributed by atoms with E-state index in [2.05, 4.69) is 24.4 Å². The predicted octanol–water partition coefficient (Wildman–Crippen LogP) is 3.37. The van der Waals surface area contributed by atoms with Crippen LogP contribution >= 0.6 is 0 Å². The topological polar surface area (TPSA) is 57.8 Å². The summed E-state index contributed by atoms with van der Waals surface area (Å²) in [6.45, 7) is 4.02. The zero-order chi connectivity index (χ0) is 16.8. The number of amides is 1. The molecule has 0 aliphatic heterocycles. The van der Waals surface area contributed by atoms with Crippen LogP contribution in [0.5, 0.6) is 0 Å². The van der Waals surface area contributed by atoms with Gasteiger partial charge < -0.3 is 9.88 Å². The smallest absolute Gasteiger partial charge is 0.262 e.